The Balaban J connectivity index is 1.69. The van der Waals surface area contributed by atoms with Crippen molar-refractivity contribution in [2.24, 2.45) is 35.0 Å². The van der Waals surface area contributed by atoms with E-state index >= 15 is 0 Å². The van der Waals surface area contributed by atoms with Crippen molar-refractivity contribution >= 4 is 5.78 Å². The van der Waals surface area contributed by atoms with Crippen LogP contribution in [0.15, 0.2) is 11.6 Å². The SMILES string of the molecule is CC1CC2=CC(=O)CC[C@@H]2C2CC[C@@]3(C)C(C[C@@H](F)[C@@H]3O)C12. The van der Waals surface area contributed by atoms with Gasteiger partial charge in [-0.05, 0) is 73.2 Å². The van der Waals surface area contributed by atoms with Crippen LogP contribution in [-0.2, 0) is 4.79 Å². The molecule has 0 radical (unpaired) electrons. The van der Waals surface area contributed by atoms with E-state index in [1.165, 1.54) is 5.57 Å². The number of aliphatic hydroxyl groups is 1. The molecule has 0 aliphatic heterocycles. The monoisotopic (exact) mass is 306 g/mol. The third kappa shape index (κ3) is 1.90. The topological polar surface area (TPSA) is 37.3 Å². The van der Waals surface area contributed by atoms with Gasteiger partial charge in [0.15, 0.2) is 5.78 Å². The lowest BCUT2D eigenvalue weighted by molar-refractivity contribution is -0.116. The predicted octanol–water partition coefficient (Wildman–Crippen LogP) is 3.68. The van der Waals surface area contributed by atoms with Gasteiger partial charge in [0.25, 0.3) is 0 Å². The van der Waals surface area contributed by atoms with Gasteiger partial charge in [-0.25, -0.2) is 4.39 Å². The summed E-state index contributed by atoms with van der Waals surface area (Å²) in [6, 6.07) is 0. The van der Waals surface area contributed by atoms with Gasteiger partial charge in [0.1, 0.15) is 6.17 Å². The molecule has 0 saturated heterocycles. The van der Waals surface area contributed by atoms with Crippen LogP contribution in [0.3, 0.4) is 0 Å². The molecule has 3 saturated carbocycles. The molecule has 0 aromatic rings. The first kappa shape index (κ1) is 14.9. The van der Waals surface area contributed by atoms with Crippen LogP contribution < -0.4 is 0 Å². The molecule has 122 valence electrons. The molecule has 8 atom stereocenters. The van der Waals surface area contributed by atoms with Gasteiger partial charge in [-0.1, -0.05) is 19.4 Å². The zero-order valence-electron chi connectivity index (χ0n) is 13.6. The van der Waals surface area contributed by atoms with Crippen molar-refractivity contribution in [1.29, 1.82) is 0 Å². The van der Waals surface area contributed by atoms with E-state index in [2.05, 4.69) is 13.8 Å². The average molecular weight is 306 g/mol. The molecule has 0 heterocycles. The van der Waals surface area contributed by atoms with Crippen molar-refractivity contribution in [1.82, 2.24) is 0 Å². The van der Waals surface area contributed by atoms with E-state index in [-0.39, 0.29) is 11.2 Å². The van der Waals surface area contributed by atoms with Gasteiger partial charge >= 0.3 is 0 Å². The maximum Gasteiger partial charge on any atom is 0.155 e. The van der Waals surface area contributed by atoms with Crippen LogP contribution in [0, 0.1) is 35.0 Å². The number of fused-ring (bicyclic) bond motifs is 5. The zero-order chi connectivity index (χ0) is 15.6. The Morgan fingerprint density at radius 1 is 1.36 bits per heavy atom. The lowest BCUT2D eigenvalue weighted by Crippen LogP contribution is -2.50. The summed E-state index contributed by atoms with van der Waals surface area (Å²) in [6.07, 6.45) is 5.31. The van der Waals surface area contributed by atoms with Crippen LogP contribution in [-0.4, -0.2) is 23.2 Å². The van der Waals surface area contributed by atoms with E-state index in [9.17, 15) is 14.3 Å². The fraction of sp³-hybridized carbons (Fsp3) is 0.842. The molecule has 0 bridgehead atoms. The Morgan fingerprint density at radius 3 is 2.91 bits per heavy atom. The van der Waals surface area contributed by atoms with Gasteiger partial charge in [0.05, 0.1) is 6.10 Å². The molecule has 4 rings (SSSR count). The number of carbonyl (C=O) groups excluding carboxylic acids is 1. The summed E-state index contributed by atoms with van der Waals surface area (Å²) in [6.45, 7) is 4.39. The summed E-state index contributed by atoms with van der Waals surface area (Å²) in [5.41, 5.74) is 1.13. The molecule has 0 aromatic carbocycles. The van der Waals surface area contributed by atoms with Gasteiger partial charge in [-0.15, -0.1) is 0 Å². The Hall–Kier alpha value is -0.700. The second kappa shape index (κ2) is 4.90. The van der Waals surface area contributed by atoms with E-state index in [4.69, 9.17) is 0 Å². The van der Waals surface area contributed by atoms with Crippen LogP contribution in [0.25, 0.3) is 0 Å². The largest absolute Gasteiger partial charge is 0.390 e. The number of rotatable bonds is 0. The lowest BCUT2D eigenvalue weighted by Gasteiger charge is -2.55. The lowest BCUT2D eigenvalue weighted by atomic mass is 9.49. The van der Waals surface area contributed by atoms with Crippen molar-refractivity contribution in [2.75, 3.05) is 0 Å². The van der Waals surface area contributed by atoms with Crippen LogP contribution in [0.4, 0.5) is 4.39 Å². The van der Waals surface area contributed by atoms with E-state index in [0.717, 1.165) is 25.7 Å². The first-order valence-corrected chi connectivity index (χ1v) is 8.97. The third-order valence-corrected chi connectivity index (χ3v) is 7.58. The number of carbonyl (C=O) groups is 1. The highest BCUT2D eigenvalue weighted by molar-refractivity contribution is 5.91. The van der Waals surface area contributed by atoms with E-state index in [1.807, 2.05) is 6.08 Å². The number of halogens is 1. The zero-order valence-corrected chi connectivity index (χ0v) is 13.6. The minimum atomic E-state index is -1.05. The number of aliphatic hydroxyl groups excluding tert-OH is 1. The number of alkyl halides is 1. The second-order valence-electron chi connectivity index (χ2n) is 8.60. The van der Waals surface area contributed by atoms with Crippen molar-refractivity contribution in [3.8, 4) is 0 Å². The highest BCUT2D eigenvalue weighted by Gasteiger charge is 2.60. The molecule has 0 spiro atoms. The fourth-order valence-corrected chi connectivity index (χ4v) is 6.54. The smallest absolute Gasteiger partial charge is 0.155 e. The van der Waals surface area contributed by atoms with Crippen LogP contribution in [0.5, 0.6) is 0 Å². The van der Waals surface area contributed by atoms with Crippen LogP contribution >= 0.6 is 0 Å². The summed E-state index contributed by atoms with van der Waals surface area (Å²) in [4.78, 5) is 11.7. The Morgan fingerprint density at radius 2 is 2.14 bits per heavy atom. The third-order valence-electron chi connectivity index (χ3n) is 7.58. The average Bonchev–Trinajstić information content (AvgIpc) is 2.70. The summed E-state index contributed by atoms with van der Waals surface area (Å²) in [5, 5.41) is 10.4. The first-order valence-electron chi connectivity index (χ1n) is 8.97. The maximum atomic E-state index is 14.2. The molecular weight excluding hydrogens is 279 g/mol. The molecule has 0 aromatic heterocycles. The molecule has 4 unspecified atom stereocenters. The molecule has 22 heavy (non-hydrogen) atoms. The summed E-state index contributed by atoms with van der Waals surface area (Å²) < 4.78 is 14.2. The number of hydrogen-bond donors (Lipinski definition) is 1. The summed E-state index contributed by atoms with van der Waals surface area (Å²) in [7, 11) is 0. The molecule has 0 amide bonds. The number of allylic oxidation sites excluding steroid dienone is 1. The number of ketones is 1. The predicted molar refractivity (Wildman–Crippen MR) is 82.9 cm³/mol. The molecule has 3 fully saturated rings. The van der Waals surface area contributed by atoms with E-state index in [0.29, 0.717) is 42.4 Å². The standard InChI is InChI=1S/C19H27FO2/c1-10-7-11-8-12(21)3-4-13(11)14-5-6-19(2)15(17(10)14)9-16(20)18(19)22/h8,10,13-18,22H,3-7,9H2,1-2H3/t10?,13-,14?,15?,16+,17?,18-,19-/m0/s1. The van der Waals surface area contributed by atoms with Crippen molar-refractivity contribution < 1.29 is 14.3 Å². The highest BCUT2D eigenvalue weighted by atomic mass is 19.1. The fourth-order valence-electron chi connectivity index (χ4n) is 6.54. The Labute approximate surface area is 132 Å². The van der Waals surface area contributed by atoms with Crippen molar-refractivity contribution in [3.63, 3.8) is 0 Å². The molecule has 4 aliphatic rings. The van der Waals surface area contributed by atoms with Gasteiger partial charge in [-0.2, -0.15) is 0 Å². The van der Waals surface area contributed by atoms with Crippen molar-refractivity contribution in [2.45, 2.75) is 64.6 Å². The van der Waals surface area contributed by atoms with Gasteiger partial charge < -0.3 is 5.11 Å². The van der Waals surface area contributed by atoms with E-state index in [1.54, 1.807) is 0 Å². The van der Waals surface area contributed by atoms with E-state index < -0.39 is 12.3 Å². The van der Waals surface area contributed by atoms with Gasteiger partial charge in [0, 0.05) is 6.42 Å². The quantitative estimate of drug-likeness (QED) is 0.741. The van der Waals surface area contributed by atoms with Crippen molar-refractivity contribution in [3.05, 3.63) is 11.6 Å². The second-order valence-corrected chi connectivity index (χ2v) is 8.60. The van der Waals surface area contributed by atoms with Crippen LogP contribution in [0.2, 0.25) is 0 Å². The maximum absolute atomic E-state index is 14.2. The summed E-state index contributed by atoms with van der Waals surface area (Å²) in [5.74, 6) is 2.76. The molecular formula is C19H27FO2. The highest BCUT2D eigenvalue weighted by Crippen LogP contribution is 2.63. The molecule has 1 N–H and O–H groups in total. The number of hydrogen-bond acceptors (Lipinski definition) is 2. The molecule has 4 aliphatic carbocycles. The van der Waals surface area contributed by atoms with Gasteiger partial charge in [-0.3, -0.25) is 4.79 Å². The minimum Gasteiger partial charge on any atom is -0.390 e. The summed E-state index contributed by atoms with van der Waals surface area (Å²) >= 11 is 0. The molecule has 2 nitrogen and oxygen atoms in total. The normalized spacial score (nSPS) is 54.3. The Kier molecular flexibility index (Phi) is 3.31. The first-order chi connectivity index (χ1) is 10.4. The minimum absolute atomic E-state index is 0.236. The molecule has 3 heteroatoms. The van der Waals surface area contributed by atoms with Gasteiger partial charge in [0.2, 0.25) is 0 Å². The Bertz CT molecular complexity index is 528. The van der Waals surface area contributed by atoms with Crippen LogP contribution in [0.1, 0.15) is 52.4 Å².